The molecule has 0 fully saturated rings. The van der Waals surface area contributed by atoms with Crippen molar-refractivity contribution in [3.8, 4) is 0 Å². The highest BCUT2D eigenvalue weighted by molar-refractivity contribution is 5.46. The lowest BCUT2D eigenvalue weighted by molar-refractivity contribution is -0.372. The van der Waals surface area contributed by atoms with E-state index in [2.05, 4.69) is 29.2 Å². The van der Waals surface area contributed by atoms with E-state index in [0.29, 0.717) is 0 Å². The Balaban J connectivity index is 2.60. The van der Waals surface area contributed by atoms with Gasteiger partial charge in [-0.2, -0.15) is 0 Å². The van der Waals surface area contributed by atoms with Crippen LogP contribution in [-0.4, -0.2) is 19.7 Å². The molecule has 96 valence electrons. The summed E-state index contributed by atoms with van der Waals surface area (Å²) in [6, 6.07) is 8.27. The number of hydrogen-bond acceptors (Lipinski definition) is 3. The van der Waals surface area contributed by atoms with Crippen LogP contribution in [0.15, 0.2) is 24.3 Å². The van der Waals surface area contributed by atoms with Crippen LogP contribution in [0.1, 0.15) is 39.4 Å². The summed E-state index contributed by atoms with van der Waals surface area (Å²) in [6.07, 6.45) is -0.0644. The average Bonchev–Trinajstić information content (AvgIpc) is 2.25. The van der Waals surface area contributed by atoms with Crippen LogP contribution in [0.3, 0.4) is 0 Å². The second-order valence-corrected chi connectivity index (χ2v) is 5.42. The quantitative estimate of drug-likeness (QED) is 0.590. The van der Waals surface area contributed by atoms with Gasteiger partial charge >= 0.3 is 0 Å². The number of rotatable bonds is 4. The Morgan fingerprint density at radius 2 is 1.59 bits per heavy atom. The van der Waals surface area contributed by atoms with Crippen LogP contribution in [0.25, 0.3) is 0 Å². The molecular formula is C14H23NO2. The molecule has 0 aliphatic carbocycles. The molecule has 0 aliphatic rings. The van der Waals surface area contributed by atoms with Crippen LogP contribution in [0, 0.1) is 0 Å². The fraction of sp³-hybridized carbons (Fsp3) is 0.571. The van der Waals surface area contributed by atoms with E-state index in [4.69, 9.17) is 9.78 Å². The smallest absolute Gasteiger partial charge is 0.115 e. The molecule has 0 radical (unpaired) electrons. The van der Waals surface area contributed by atoms with Crippen molar-refractivity contribution in [2.75, 3.05) is 19.0 Å². The monoisotopic (exact) mass is 237 g/mol. The van der Waals surface area contributed by atoms with Crippen molar-refractivity contribution < 1.29 is 9.78 Å². The lowest BCUT2D eigenvalue weighted by atomic mass is 10.1. The first-order valence-corrected chi connectivity index (χ1v) is 5.91. The Hall–Kier alpha value is -1.06. The molecule has 1 aromatic carbocycles. The maximum atomic E-state index is 5.38. The number of benzene rings is 1. The van der Waals surface area contributed by atoms with E-state index in [9.17, 15) is 0 Å². The van der Waals surface area contributed by atoms with E-state index in [0.717, 1.165) is 5.56 Å². The molecule has 3 nitrogen and oxygen atoms in total. The van der Waals surface area contributed by atoms with Gasteiger partial charge < -0.3 is 4.90 Å². The first-order chi connectivity index (χ1) is 7.79. The Kier molecular flexibility index (Phi) is 4.54. The average molecular weight is 237 g/mol. The fourth-order valence-corrected chi connectivity index (χ4v) is 1.32. The lowest BCUT2D eigenvalue weighted by Gasteiger charge is -2.21. The first-order valence-electron chi connectivity index (χ1n) is 5.91. The van der Waals surface area contributed by atoms with Crippen molar-refractivity contribution in [1.82, 2.24) is 0 Å². The van der Waals surface area contributed by atoms with Crippen molar-refractivity contribution in [2.45, 2.75) is 39.4 Å². The van der Waals surface area contributed by atoms with E-state index >= 15 is 0 Å². The normalized spacial score (nSPS) is 13.5. The number of anilines is 1. The van der Waals surface area contributed by atoms with Crippen molar-refractivity contribution in [1.29, 1.82) is 0 Å². The number of hydrogen-bond donors (Lipinski definition) is 0. The molecular weight excluding hydrogens is 214 g/mol. The molecule has 0 heterocycles. The second kappa shape index (κ2) is 5.52. The molecule has 1 aromatic rings. The zero-order valence-electron chi connectivity index (χ0n) is 11.7. The minimum absolute atomic E-state index is 0.0644. The maximum absolute atomic E-state index is 5.38. The van der Waals surface area contributed by atoms with Gasteiger partial charge in [0.15, 0.2) is 0 Å². The summed E-state index contributed by atoms with van der Waals surface area (Å²) in [4.78, 5) is 12.8. The van der Waals surface area contributed by atoms with Gasteiger partial charge in [0, 0.05) is 19.8 Å². The summed E-state index contributed by atoms with van der Waals surface area (Å²) in [7, 11) is 4.05. The summed E-state index contributed by atoms with van der Waals surface area (Å²) in [5.74, 6) is 0. The largest absolute Gasteiger partial charge is 0.378 e. The molecule has 1 unspecified atom stereocenters. The maximum Gasteiger partial charge on any atom is 0.115 e. The summed E-state index contributed by atoms with van der Waals surface area (Å²) in [5, 5.41) is 0. The Bertz CT molecular complexity index is 338. The molecule has 0 spiro atoms. The third-order valence-electron chi connectivity index (χ3n) is 2.32. The minimum Gasteiger partial charge on any atom is -0.378 e. The molecule has 1 atom stereocenters. The predicted octanol–water partition coefficient (Wildman–Crippen LogP) is 3.56. The molecule has 17 heavy (non-hydrogen) atoms. The van der Waals surface area contributed by atoms with E-state index in [-0.39, 0.29) is 11.7 Å². The van der Waals surface area contributed by atoms with Gasteiger partial charge in [-0.1, -0.05) is 12.1 Å². The van der Waals surface area contributed by atoms with Gasteiger partial charge in [-0.15, -0.1) is 0 Å². The van der Waals surface area contributed by atoms with Crippen LogP contribution in [0.4, 0.5) is 5.69 Å². The molecule has 0 saturated carbocycles. The van der Waals surface area contributed by atoms with Gasteiger partial charge in [0.25, 0.3) is 0 Å². The first kappa shape index (κ1) is 14.0. The van der Waals surface area contributed by atoms with Crippen LogP contribution >= 0.6 is 0 Å². The molecule has 0 bridgehead atoms. The molecule has 1 rings (SSSR count). The van der Waals surface area contributed by atoms with E-state index in [1.165, 1.54) is 5.69 Å². The molecule has 0 saturated heterocycles. The Morgan fingerprint density at radius 3 is 2.00 bits per heavy atom. The van der Waals surface area contributed by atoms with Gasteiger partial charge in [0.2, 0.25) is 0 Å². The van der Waals surface area contributed by atoms with Gasteiger partial charge in [0.1, 0.15) is 6.10 Å². The Morgan fingerprint density at radius 1 is 1.06 bits per heavy atom. The number of nitrogens with zero attached hydrogens (tertiary/aromatic N) is 1. The molecule has 0 aromatic heterocycles. The lowest BCUT2D eigenvalue weighted by Crippen LogP contribution is -2.20. The summed E-state index contributed by atoms with van der Waals surface area (Å²) >= 11 is 0. The van der Waals surface area contributed by atoms with E-state index in [1.807, 2.05) is 41.8 Å². The highest BCUT2D eigenvalue weighted by atomic mass is 17.2. The van der Waals surface area contributed by atoms with Crippen molar-refractivity contribution in [2.24, 2.45) is 0 Å². The van der Waals surface area contributed by atoms with E-state index in [1.54, 1.807) is 0 Å². The standard InChI is InChI=1S/C14H23NO2/c1-11(16-17-14(2,3)4)12-7-9-13(10-8-12)15(5)6/h7-11H,1-6H3. The summed E-state index contributed by atoms with van der Waals surface area (Å²) in [5.41, 5.74) is 2.01. The zero-order valence-corrected chi connectivity index (χ0v) is 11.7. The zero-order chi connectivity index (χ0) is 13.1. The van der Waals surface area contributed by atoms with E-state index < -0.39 is 0 Å². The highest BCUT2D eigenvalue weighted by Gasteiger charge is 2.15. The molecule has 0 aliphatic heterocycles. The molecule has 3 heteroatoms. The fourth-order valence-electron chi connectivity index (χ4n) is 1.32. The van der Waals surface area contributed by atoms with Crippen LogP contribution < -0.4 is 4.90 Å². The van der Waals surface area contributed by atoms with Gasteiger partial charge in [0.05, 0.1) is 5.60 Å². The van der Waals surface area contributed by atoms with Crippen molar-refractivity contribution in [3.05, 3.63) is 29.8 Å². The van der Waals surface area contributed by atoms with Crippen LogP contribution in [-0.2, 0) is 9.78 Å². The topological polar surface area (TPSA) is 21.7 Å². The van der Waals surface area contributed by atoms with Crippen molar-refractivity contribution >= 4 is 5.69 Å². The Labute approximate surface area is 104 Å². The second-order valence-electron chi connectivity index (χ2n) is 5.42. The summed E-state index contributed by atoms with van der Waals surface area (Å²) < 4.78 is 0. The minimum atomic E-state index is -0.280. The third-order valence-corrected chi connectivity index (χ3v) is 2.32. The predicted molar refractivity (Wildman–Crippen MR) is 71.1 cm³/mol. The van der Waals surface area contributed by atoms with Gasteiger partial charge in [-0.3, -0.25) is 0 Å². The summed E-state index contributed by atoms with van der Waals surface area (Å²) in [6.45, 7) is 7.88. The molecule has 0 amide bonds. The van der Waals surface area contributed by atoms with Crippen LogP contribution in [0.5, 0.6) is 0 Å². The van der Waals surface area contributed by atoms with Crippen LogP contribution in [0.2, 0.25) is 0 Å². The third kappa shape index (κ3) is 4.75. The SMILES string of the molecule is CC(OOC(C)(C)C)c1ccc(N(C)C)cc1. The van der Waals surface area contributed by atoms with Crippen molar-refractivity contribution in [3.63, 3.8) is 0 Å². The van der Waals surface area contributed by atoms with Gasteiger partial charge in [-0.25, -0.2) is 9.78 Å². The van der Waals surface area contributed by atoms with Gasteiger partial charge in [-0.05, 0) is 45.4 Å². The highest BCUT2D eigenvalue weighted by Crippen LogP contribution is 2.22. The molecule has 0 N–H and O–H groups in total.